The summed E-state index contributed by atoms with van der Waals surface area (Å²) >= 11 is 1.59. The van der Waals surface area contributed by atoms with Gasteiger partial charge in [-0.1, -0.05) is 23.5 Å². The van der Waals surface area contributed by atoms with E-state index < -0.39 is 0 Å². The highest BCUT2D eigenvalue weighted by atomic mass is 32.1. The second-order valence-corrected chi connectivity index (χ2v) is 14.2. The van der Waals surface area contributed by atoms with Gasteiger partial charge in [-0.3, -0.25) is 9.08 Å². The van der Waals surface area contributed by atoms with Gasteiger partial charge in [0, 0.05) is 41.3 Å². The Morgan fingerprint density at radius 1 is 0.977 bits per heavy atom. The van der Waals surface area contributed by atoms with Crippen molar-refractivity contribution in [3.8, 4) is 28.6 Å². The van der Waals surface area contributed by atoms with Crippen LogP contribution in [0.1, 0.15) is 49.8 Å². The average molecular weight is 598 g/mol. The van der Waals surface area contributed by atoms with Gasteiger partial charge in [0.15, 0.2) is 16.6 Å². The van der Waals surface area contributed by atoms with E-state index in [-0.39, 0.29) is 0 Å². The number of benzene rings is 1. The lowest BCUT2D eigenvalue weighted by molar-refractivity contribution is -0.0638. The number of anilines is 2. The number of fused-ring (bicyclic) bond motifs is 2. The molecule has 10 heteroatoms. The maximum Gasteiger partial charge on any atom is 0.189 e. The summed E-state index contributed by atoms with van der Waals surface area (Å²) in [6, 6.07) is 16.3. The van der Waals surface area contributed by atoms with Crippen LogP contribution in [0.5, 0.6) is 0 Å². The lowest BCUT2D eigenvalue weighted by atomic mass is 9.49. The number of rotatable bonds is 6. The smallest absolute Gasteiger partial charge is 0.189 e. The van der Waals surface area contributed by atoms with Crippen molar-refractivity contribution in [1.29, 1.82) is 5.26 Å². The standard InChI is InChI=1S/C34H31N9S/c1-20-27(18-37-43(20)19-34-13-21-10-22(14-34)12-23(11-21)15-34)25-8-9-42-31(40-41-32(42)26(25)16-35)24-6-7-30(36-17-24)39-33-38-28-4-2-3-5-29(28)44-33/h2-9,17-18,21-23H,10-15,19H2,1H3,(H,36,38,39). The number of hydrogen-bond donors (Lipinski definition) is 1. The fourth-order valence-electron chi connectivity index (χ4n) is 8.79. The summed E-state index contributed by atoms with van der Waals surface area (Å²) in [6.07, 6.45) is 14.0. The van der Waals surface area contributed by atoms with Crippen molar-refractivity contribution in [1.82, 2.24) is 34.3 Å². The first-order valence-electron chi connectivity index (χ1n) is 15.4. The topological polar surface area (TPSA) is 110 Å². The molecule has 0 radical (unpaired) electrons. The van der Waals surface area contributed by atoms with E-state index >= 15 is 0 Å². The van der Waals surface area contributed by atoms with Crippen LogP contribution in [-0.2, 0) is 6.54 Å². The Kier molecular flexibility index (Phi) is 5.69. The maximum absolute atomic E-state index is 10.3. The molecule has 9 nitrogen and oxygen atoms in total. The average Bonchev–Trinajstić information content (AvgIpc) is 3.73. The fourth-order valence-corrected chi connectivity index (χ4v) is 9.67. The second kappa shape index (κ2) is 9.69. The maximum atomic E-state index is 10.3. The number of nitrogens with zero attached hydrogens (tertiary/aromatic N) is 8. The van der Waals surface area contributed by atoms with E-state index in [0.29, 0.717) is 28.3 Å². The zero-order chi connectivity index (χ0) is 29.4. The van der Waals surface area contributed by atoms with E-state index in [0.717, 1.165) is 62.0 Å². The van der Waals surface area contributed by atoms with Gasteiger partial charge >= 0.3 is 0 Å². The molecule has 1 aromatic carbocycles. The van der Waals surface area contributed by atoms with Gasteiger partial charge < -0.3 is 5.32 Å². The van der Waals surface area contributed by atoms with Crippen molar-refractivity contribution in [3.05, 3.63) is 72.3 Å². The third kappa shape index (κ3) is 4.14. The molecule has 0 atom stereocenters. The van der Waals surface area contributed by atoms with Crippen molar-refractivity contribution in [3.63, 3.8) is 0 Å². The van der Waals surface area contributed by atoms with Crippen LogP contribution < -0.4 is 5.32 Å². The molecule has 1 N–H and O–H groups in total. The summed E-state index contributed by atoms with van der Waals surface area (Å²) < 4.78 is 5.20. The van der Waals surface area contributed by atoms with E-state index in [1.165, 1.54) is 38.5 Å². The van der Waals surface area contributed by atoms with Gasteiger partial charge in [-0.25, -0.2) is 9.97 Å². The van der Waals surface area contributed by atoms with Gasteiger partial charge in [0.2, 0.25) is 0 Å². The Balaban J connectivity index is 0.995. The highest BCUT2D eigenvalue weighted by Crippen LogP contribution is 2.60. The SMILES string of the molecule is Cc1c(-c2ccn3c(-c4ccc(Nc5nc6ccccc6s5)nc4)nnc3c2C#N)cnn1CC12CC3CC(CC(C3)C1)C2. The summed E-state index contributed by atoms with van der Waals surface area (Å²) in [6.45, 7) is 3.12. The van der Waals surface area contributed by atoms with Crippen molar-refractivity contribution < 1.29 is 0 Å². The third-order valence-corrected chi connectivity index (χ3v) is 11.2. The predicted molar refractivity (Wildman–Crippen MR) is 170 cm³/mol. The lowest BCUT2D eigenvalue weighted by Gasteiger charge is -2.56. The molecular formula is C34H31N9S. The van der Waals surface area contributed by atoms with Crippen molar-refractivity contribution in [2.75, 3.05) is 5.32 Å². The normalized spacial score (nSPS) is 23.9. The molecule has 0 saturated heterocycles. The molecule has 10 rings (SSSR count). The summed E-state index contributed by atoms with van der Waals surface area (Å²) in [5, 5.41) is 28.2. The molecule has 4 saturated carbocycles. The van der Waals surface area contributed by atoms with Gasteiger partial charge in [-0.05, 0) is 98.9 Å². The van der Waals surface area contributed by atoms with Crippen molar-refractivity contribution in [2.24, 2.45) is 23.2 Å². The Bertz CT molecular complexity index is 2030. The van der Waals surface area contributed by atoms with E-state index in [2.05, 4.69) is 49.2 Å². The first-order valence-corrected chi connectivity index (χ1v) is 16.3. The zero-order valence-electron chi connectivity index (χ0n) is 24.4. The quantitative estimate of drug-likeness (QED) is 0.213. The van der Waals surface area contributed by atoms with Crippen LogP contribution in [0, 0.1) is 41.4 Å². The molecule has 6 aromatic rings. The highest BCUT2D eigenvalue weighted by Gasteiger charge is 2.51. The van der Waals surface area contributed by atoms with Crippen LogP contribution in [0.25, 0.3) is 38.4 Å². The Morgan fingerprint density at radius 3 is 2.50 bits per heavy atom. The Morgan fingerprint density at radius 2 is 1.77 bits per heavy atom. The second-order valence-electron chi connectivity index (χ2n) is 13.2. The minimum absolute atomic E-state index is 0.389. The van der Waals surface area contributed by atoms with Crippen LogP contribution in [-0.4, -0.2) is 34.3 Å². The largest absolute Gasteiger partial charge is 0.316 e. The van der Waals surface area contributed by atoms with E-state index in [1.807, 2.05) is 53.2 Å². The van der Waals surface area contributed by atoms with Crippen LogP contribution in [0.2, 0.25) is 0 Å². The molecule has 0 amide bonds. The Hall–Kier alpha value is -4.62. The van der Waals surface area contributed by atoms with Crippen LogP contribution in [0.15, 0.2) is 61.1 Å². The first-order chi connectivity index (χ1) is 21.5. The first kappa shape index (κ1) is 25.8. The van der Waals surface area contributed by atoms with Gasteiger partial charge in [0.1, 0.15) is 17.5 Å². The molecule has 0 spiro atoms. The Labute approximate surface area is 258 Å². The molecule has 218 valence electrons. The minimum atomic E-state index is 0.389. The van der Waals surface area contributed by atoms with E-state index in [4.69, 9.17) is 5.10 Å². The molecule has 0 unspecified atom stereocenters. The zero-order valence-corrected chi connectivity index (χ0v) is 25.3. The molecule has 4 aliphatic rings. The molecule has 4 fully saturated rings. The molecule has 4 aliphatic carbocycles. The number of para-hydroxylation sites is 1. The lowest BCUT2D eigenvalue weighted by Crippen LogP contribution is -2.48. The van der Waals surface area contributed by atoms with Gasteiger partial charge in [0.25, 0.3) is 0 Å². The fraction of sp³-hybridized carbons (Fsp3) is 0.353. The van der Waals surface area contributed by atoms with Crippen molar-refractivity contribution >= 4 is 38.2 Å². The summed E-state index contributed by atoms with van der Waals surface area (Å²) in [7, 11) is 0. The van der Waals surface area contributed by atoms with E-state index in [1.54, 1.807) is 17.5 Å². The number of thiazole rings is 1. The molecule has 4 bridgehead atoms. The summed E-state index contributed by atoms with van der Waals surface area (Å²) in [5.41, 5.74) is 6.15. The van der Waals surface area contributed by atoms with Crippen molar-refractivity contribution in [2.45, 2.75) is 52.0 Å². The van der Waals surface area contributed by atoms with Gasteiger partial charge in [-0.2, -0.15) is 10.4 Å². The van der Waals surface area contributed by atoms with E-state index in [9.17, 15) is 5.26 Å². The van der Waals surface area contributed by atoms with Gasteiger partial charge in [-0.15, -0.1) is 10.2 Å². The molecule has 44 heavy (non-hydrogen) atoms. The third-order valence-electron chi connectivity index (χ3n) is 10.3. The van der Waals surface area contributed by atoms with Gasteiger partial charge in [0.05, 0.1) is 16.4 Å². The van der Waals surface area contributed by atoms with Crippen LogP contribution >= 0.6 is 11.3 Å². The number of hydrogen-bond acceptors (Lipinski definition) is 8. The number of nitriles is 1. The summed E-state index contributed by atoms with van der Waals surface area (Å²) in [4.78, 5) is 9.24. The highest BCUT2D eigenvalue weighted by molar-refractivity contribution is 7.22. The number of aromatic nitrogens is 7. The molecule has 5 heterocycles. The predicted octanol–water partition coefficient (Wildman–Crippen LogP) is 7.40. The van der Waals surface area contributed by atoms with Crippen LogP contribution in [0.4, 0.5) is 10.9 Å². The molecule has 0 aliphatic heterocycles. The molecule has 5 aromatic heterocycles. The summed E-state index contributed by atoms with van der Waals surface area (Å²) in [5.74, 6) is 4.06. The molecular weight excluding hydrogens is 567 g/mol. The van der Waals surface area contributed by atoms with Crippen LogP contribution in [0.3, 0.4) is 0 Å². The monoisotopic (exact) mass is 597 g/mol. The number of pyridine rings is 2. The minimum Gasteiger partial charge on any atom is -0.316 e. The number of nitrogens with one attached hydrogen (secondary N) is 1.